The number of carbonyl (C=O) groups is 1. The van der Waals surface area contributed by atoms with Gasteiger partial charge >= 0.3 is 0 Å². The molecule has 0 spiro atoms. The highest BCUT2D eigenvalue weighted by Gasteiger charge is 2.26. The van der Waals surface area contributed by atoms with Crippen molar-refractivity contribution in [3.63, 3.8) is 0 Å². The number of thiophene rings is 1. The molecule has 1 N–H and O–H groups in total. The molecule has 0 radical (unpaired) electrons. The number of piperidine rings is 1. The summed E-state index contributed by atoms with van der Waals surface area (Å²) in [6.07, 6.45) is 4.35. The lowest BCUT2D eigenvalue weighted by Gasteiger charge is -2.33. The van der Waals surface area contributed by atoms with Crippen LogP contribution in [0.1, 0.15) is 17.7 Å². The maximum Gasteiger partial charge on any atom is 0.223 e. The normalized spacial score (nSPS) is 18.3. The SMILES string of the molecule is O=C(NCCc1cccs1)C1CCN(c2cc(N3CCSCC3)ncn2)CC1. The van der Waals surface area contributed by atoms with Crippen molar-refractivity contribution in [1.29, 1.82) is 0 Å². The second-order valence-corrected chi connectivity index (χ2v) is 9.47. The minimum atomic E-state index is 0.111. The average molecular weight is 418 g/mol. The second-order valence-electron chi connectivity index (χ2n) is 7.22. The number of carbonyl (C=O) groups excluding carboxylic acids is 1. The van der Waals surface area contributed by atoms with E-state index in [1.165, 1.54) is 4.88 Å². The molecule has 0 bridgehead atoms. The fourth-order valence-corrected chi connectivity index (χ4v) is 5.37. The van der Waals surface area contributed by atoms with Crippen LogP contribution in [-0.2, 0) is 11.2 Å². The summed E-state index contributed by atoms with van der Waals surface area (Å²) >= 11 is 3.75. The van der Waals surface area contributed by atoms with Crippen LogP contribution in [0.4, 0.5) is 11.6 Å². The van der Waals surface area contributed by atoms with Crippen molar-refractivity contribution in [2.24, 2.45) is 5.92 Å². The van der Waals surface area contributed by atoms with Gasteiger partial charge in [0.1, 0.15) is 18.0 Å². The Kier molecular flexibility index (Phi) is 6.69. The lowest BCUT2D eigenvalue weighted by molar-refractivity contribution is -0.125. The van der Waals surface area contributed by atoms with Crippen molar-refractivity contribution in [2.75, 3.05) is 54.0 Å². The Balaban J connectivity index is 1.26. The molecule has 0 aliphatic carbocycles. The molecule has 2 aromatic heterocycles. The molecule has 8 heteroatoms. The molecule has 2 saturated heterocycles. The van der Waals surface area contributed by atoms with Gasteiger partial charge in [-0.2, -0.15) is 11.8 Å². The van der Waals surface area contributed by atoms with E-state index in [1.54, 1.807) is 17.7 Å². The lowest BCUT2D eigenvalue weighted by Crippen LogP contribution is -2.41. The molecule has 1 amide bonds. The van der Waals surface area contributed by atoms with Gasteiger partial charge in [-0.25, -0.2) is 9.97 Å². The van der Waals surface area contributed by atoms with Crippen LogP contribution in [0.15, 0.2) is 29.9 Å². The van der Waals surface area contributed by atoms with Gasteiger partial charge in [0.15, 0.2) is 0 Å². The number of nitrogens with one attached hydrogen (secondary N) is 1. The number of nitrogens with zero attached hydrogens (tertiary/aromatic N) is 4. The Bertz CT molecular complexity index is 756. The van der Waals surface area contributed by atoms with Gasteiger partial charge in [-0.1, -0.05) is 6.07 Å². The number of hydrogen-bond acceptors (Lipinski definition) is 7. The lowest BCUT2D eigenvalue weighted by atomic mass is 9.96. The van der Waals surface area contributed by atoms with Gasteiger partial charge in [-0.05, 0) is 30.7 Å². The van der Waals surface area contributed by atoms with E-state index in [2.05, 4.69) is 48.7 Å². The van der Waals surface area contributed by atoms with E-state index in [0.717, 1.165) is 75.1 Å². The molecule has 0 atom stereocenters. The van der Waals surface area contributed by atoms with Gasteiger partial charge in [0.25, 0.3) is 0 Å². The standard InChI is InChI=1S/C20H27N5OS2/c26-20(21-6-3-17-2-1-11-28-17)16-4-7-24(8-5-16)18-14-19(23-15-22-18)25-9-12-27-13-10-25/h1-2,11,14-16H,3-10,12-13H2,(H,21,26). The third-order valence-corrected chi connectivity index (χ3v) is 7.29. The van der Waals surface area contributed by atoms with Crippen LogP contribution >= 0.6 is 23.1 Å². The summed E-state index contributed by atoms with van der Waals surface area (Å²) in [6, 6.07) is 6.28. The first kappa shape index (κ1) is 19.5. The first-order valence-electron chi connectivity index (χ1n) is 9.99. The van der Waals surface area contributed by atoms with Crippen molar-refractivity contribution >= 4 is 40.6 Å². The van der Waals surface area contributed by atoms with Crippen molar-refractivity contribution in [1.82, 2.24) is 15.3 Å². The van der Waals surface area contributed by atoms with Crippen LogP contribution in [0.25, 0.3) is 0 Å². The van der Waals surface area contributed by atoms with E-state index < -0.39 is 0 Å². The molecule has 28 heavy (non-hydrogen) atoms. The zero-order valence-electron chi connectivity index (χ0n) is 16.0. The fraction of sp³-hybridized carbons (Fsp3) is 0.550. The van der Waals surface area contributed by atoms with Gasteiger partial charge in [0.05, 0.1) is 0 Å². The van der Waals surface area contributed by atoms with E-state index in [0.29, 0.717) is 0 Å². The maximum absolute atomic E-state index is 12.5. The van der Waals surface area contributed by atoms with Gasteiger partial charge in [-0.15, -0.1) is 11.3 Å². The van der Waals surface area contributed by atoms with Crippen molar-refractivity contribution in [3.05, 3.63) is 34.8 Å². The molecular formula is C20H27N5OS2. The van der Waals surface area contributed by atoms with E-state index in [1.807, 2.05) is 11.8 Å². The van der Waals surface area contributed by atoms with Crippen LogP contribution in [0, 0.1) is 5.92 Å². The van der Waals surface area contributed by atoms with E-state index in [9.17, 15) is 4.79 Å². The summed E-state index contributed by atoms with van der Waals surface area (Å²) in [5, 5.41) is 5.19. The zero-order chi connectivity index (χ0) is 19.2. The van der Waals surface area contributed by atoms with Crippen molar-refractivity contribution in [2.45, 2.75) is 19.3 Å². The topological polar surface area (TPSA) is 61.4 Å². The predicted molar refractivity (Wildman–Crippen MR) is 118 cm³/mol. The quantitative estimate of drug-likeness (QED) is 0.780. The van der Waals surface area contributed by atoms with Gasteiger partial charge in [-0.3, -0.25) is 4.79 Å². The molecule has 2 fully saturated rings. The highest BCUT2D eigenvalue weighted by atomic mass is 32.2. The first-order valence-corrected chi connectivity index (χ1v) is 12.0. The summed E-state index contributed by atoms with van der Waals surface area (Å²) < 4.78 is 0. The summed E-state index contributed by atoms with van der Waals surface area (Å²) in [6.45, 7) is 4.57. The summed E-state index contributed by atoms with van der Waals surface area (Å²) in [4.78, 5) is 27.4. The Labute approximate surface area is 174 Å². The Morgan fingerprint density at radius 3 is 2.50 bits per heavy atom. The Morgan fingerprint density at radius 1 is 1.11 bits per heavy atom. The summed E-state index contributed by atoms with van der Waals surface area (Å²) in [5.74, 6) is 4.64. The summed E-state index contributed by atoms with van der Waals surface area (Å²) in [7, 11) is 0. The number of rotatable bonds is 6. The smallest absolute Gasteiger partial charge is 0.223 e. The molecule has 0 aromatic carbocycles. The molecule has 0 unspecified atom stereocenters. The molecule has 150 valence electrons. The monoisotopic (exact) mass is 417 g/mol. The highest BCUT2D eigenvalue weighted by molar-refractivity contribution is 7.99. The number of amides is 1. The summed E-state index contributed by atoms with van der Waals surface area (Å²) in [5.41, 5.74) is 0. The predicted octanol–water partition coefficient (Wildman–Crippen LogP) is 2.67. The third kappa shape index (κ3) is 4.97. The van der Waals surface area contributed by atoms with Crippen LogP contribution in [0.3, 0.4) is 0 Å². The minimum Gasteiger partial charge on any atom is -0.356 e. The molecule has 2 aliphatic rings. The number of thioether (sulfide) groups is 1. The average Bonchev–Trinajstić information content (AvgIpc) is 3.28. The number of aromatic nitrogens is 2. The number of hydrogen-bond donors (Lipinski definition) is 1. The second kappa shape index (κ2) is 9.60. The van der Waals surface area contributed by atoms with Crippen molar-refractivity contribution in [3.8, 4) is 0 Å². The molecule has 2 aromatic rings. The molecule has 4 heterocycles. The Hall–Kier alpha value is -1.80. The fourth-order valence-electron chi connectivity index (χ4n) is 3.75. The minimum absolute atomic E-state index is 0.111. The molecule has 2 aliphatic heterocycles. The first-order chi connectivity index (χ1) is 13.8. The van der Waals surface area contributed by atoms with E-state index in [-0.39, 0.29) is 11.8 Å². The zero-order valence-corrected chi connectivity index (χ0v) is 17.7. The highest BCUT2D eigenvalue weighted by Crippen LogP contribution is 2.25. The molecule has 6 nitrogen and oxygen atoms in total. The van der Waals surface area contributed by atoms with Crippen LogP contribution in [0.2, 0.25) is 0 Å². The van der Waals surface area contributed by atoms with Crippen molar-refractivity contribution < 1.29 is 4.79 Å². The maximum atomic E-state index is 12.5. The molecule has 4 rings (SSSR count). The van der Waals surface area contributed by atoms with Crippen LogP contribution < -0.4 is 15.1 Å². The van der Waals surface area contributed by atoms with Gasteiger partial charge in [0, 0.05) is 61.1 Å². The van der Waals surface area contributed by atoms with E-state index in [4.69, 9.17) is 0 Å². The van der Waals surface area contributed by atoms with Gasteiger partial charge < -0.3 is 15.1 Å². The van der Waals surface area contributed by atoms with Gasteiger partial charge in [0.2, 0.25) is 5.91 Å². The van der Waals surface area contributed by atoms with Crippen LogP contribution in [-0.4, -0.2) is 60.1 Å². The van der Waals surface area contributed by atoms with E-state index >= 15 is 0 Å². The largest absolute Gasteiger partial charge is 0.356 e. The molecule has 0 saturated carbocycles. The Morgan fingerprint density at radius 2 is 1.82 bits per heavy atom. The van der Waals surface area contributed by atoms with Crippen LogP contribution in [0.5, 0.6) is 0 Å². The third-order valence-electron chi connectivity index (χ3n) is 5.41. The molecular weight excluding hydrogens is 390 g/mol. The number of anilines is 2.